The van der Waals surface area contributed by atoms with Gasteiger partial charge in [0, 0.05) is 5.69 Å². The second-order valence-corrected chi connectivity index (χ2v) is 10.5. The van der Waals surface area contributed by atoms with Gasteiger partial charge in [0.05, 0.1) is 10.5 Å². The van der Waals surface area contributed by atoms with Gasteiger partial charge in [-0.2, -0.15) is 0 Å². The maximum absolute atomic E-state index is 12.3. The monoisotopic (exact) mass is 496 g/mol. The highest BCUT2D eigenvalue weighted by Crippen LogP contribution is 2.24. The Balaban J connectivity index is 1.49. The number of carbonyl (C=O) groups is 2. The van der Waals surface area contributed by atoms with Gasteiger partial charge in [0.1, 0.15) is 12.4 Å². The Morgan fingerprint density at radius 2 is 1.60 bits per heavy atom. The van der Waals surface area contributed by atoms with Crippen molar-refractivity contribution in [2.45, 2.75) is 37.7 Å². The average molecular weight is 497 g/mol. The zero-order valence-electron chi connectivity index (χ0n) is 19.8. The van der Waals surface area contributed by atoms with Crippen LogP contribution in [0.4, 0.5) is 5.69 Å². The van der Waals surface area contributed by atoms with E-state index in [2.05, 4.69) is 26.1 Å². The van der Waals surface area contributed by atoms with Crippen molar-refractivity contribution in [1.29, 1.82) is 0 Å². The van der Waals surface area contributed by atoms with Crippen LogP contribution in [-0.4, -0.2) is 26.9 Å². The molecule has 0 saturated carbocycles. The van der Waals surface area contributed by atoms with Gasteiger partial charge in [-0.25, -0.2) is 18.4 Å². The molecule has 0 aromatic heterocycles. The third kappa shape index (κ3) is 7.66. The van der Waals surface area contributed by atoms with Crippen LogP contribution in [0.15, 0.2) is 77.7 Å². The summed E-state index contributed by atoms with van der Waals surface area (Å²) in [5.41, 5.74) is 2.66. The maximum Gasteiger partial charge on any atom is 0.338 e. The molecule has 0 saturated heterocycles. The first-order valence-corrected chi connectivity index (χ1v) is 12.4. The number of esters is 1. The molecule has 9 heteroatoms. The molecule has 3 aromatic rings. The zero-order chi connectivity index (χ0) is 25.6. The van der Waals surface area contributed by atoms with Crippen LogP contribution in [0.2, 0.25) is 0 Å². The molecule has 3 aromatic carbocycles. The third-order valence-corrected chi connectivity index (χ3v) is 6.01. The number of rotatable bonds is 8. The molecule has 0 aliphatic carbocycles. The van der Waals surface area contributed by atoms with Crippen molar-refractivity contribution < 1.29 is 27.5 Å². The Morgan fingerprint density at radius 1 is 0.943 bits per heavy atom. The fraction of sp³-hybridized carbons (Fsp3) is 0.231. The maximum atomic E-state index is 12.3. The highest BCUT2D eigenvalue weighted by atomic mass is 32.2. The van der Waals surface area contributed by atoms with Gasteiger partial charge in [0.15, 0.2) is 6.61 Å². The minimum atomic E-state index is -3.90. The first-order valence-electron chi connectivity index (χ1n) is 10.8. The lowest BCUT2D eigenvalue weighted by Crippen LogP contribution is -2.21. The van der Waals surface area contributed by atoms with E-state index in [4.69, 9.17) is 14.6 Å². The number of amides is 1. The van der Waals surface area contributed by atoms with E-state index in [0.29, 0.717) is 6.61 Å². The number of primary sulfonamides is 1. The van der Waals surface area contributed by atoms with Gasteiger partial charge in [0.2, 0.25) is 10.0 Å². The van der Waals surface area contributed by atoms with Crippen LogP contribution in [0, 0.1) is 0 Å². The van der Waals surface area contributed by atoms with E-state index in [0.717, 1.165) is 11.3 Å². The first-order chi connectivity index (χ1) is 16.4. The first kappa shape index (κ1) is 25.9. The van der Waals surface area contributed by atoms with Crippen molar-refractivity contribution in [2.75, 3.05) is 11.9 Å². The molecular formula is C26H28N2O6S. The van der Waals surface area contributed by atoms with E-state index in [-0.39, 0.29) is 21.6 Å². The van der Waals surface area contributed by atoms with Crippen molar-refractivity contribution >= 4 is 27.6 Å². The van der Waals surface area contributed by atoms with Gasteiger partial charge in [-0.05, 0) is 59.0 Å². The van der Waals surface area contributed by atoms with Crippen LogP contribution in [0.1, 0.15) is 42.3 Å². The predicted octanol–water partition coefficient (Wildman–Crippen LogP) is 4.01. The summed E-state index contributed by atoms with van der Waals surface area (Å²) >= 11 is 0. The molecule has 35 heavy (non-hydrogen) atoms. The molecule has 8 nitrogen and oxygen atoms in total. The average Bonchev–Trinajstić information content (AvgIpc) is 2.81. The SMILES string of the molecule is CC(C)(C)c1ccc(OCc2ccc(C(=O)OCC(=O)Nc3cccc(S(N)(=O)=O)c3)cc2)cc1. The number of anilines is 1. The molecule has 184 valence electrons. The van der Waals surface area contributed by atoms with E-state index in [1.807, 2.05) is 24.3 Å². The normalized spacial score (nSPS) is 11.5. The van der Waals surface area contributed by atoms with Crippen LogP contribution in [0.5, 0.6) is 5.75 Å². The molecule has 0 bridgehead atoms. The minimum Gasteiger partial charge on any atom is -0.489 e. The lowest BCUT2D eigenvalue weighted by Gasteiger charge is -2.19. The van der Waals surface area contributed by atoms with E-state index >= 15 is 0 Å². The number of sulfonamides is 1. The molecule has 1 amide bonds. The van der Waals surface area contributed by atoms with E-state index in [1.54, 1.807) is 24.3 Å². The molecule has 0 aliphatic rings. The van der Waals surface area contributed by atoms with Gasteiger partial charge >= 0.3 is 5.97 Å². The van der Waals surface area contributed by atoms with Crippen LogP contribution in [0.25, 0.3) is 0 Å². The largest absolute Gasteiger partial charge is 0.489 e. The Labute approximate surface area is 205 Å². The number of hydrogen-bond acceptors (Lipinski definition) is 6. The van der Waals surface area contributed by atoms with Crippen LogP contribution >= 0.6 is 0 Å². The number of benzene rings is 3. The molecule has 0 atom stereocenters. The fourth-order valence-corrected chi connectivity index (χ4v) is 3.68. The Bertz CT molecular complexity index is 1290. The topological polar surface area (TPSA) is 125 Å². The van der Waals surface area contributed by atoms with Gasteiger partial charge in [0.25, 0.3) is 5.91 Å². The Hall–Kier alpha value is -3.69. The molecule has 0 aliphatic heterocycles. The summed E-state index contributed by atoms with van der Waals surface area (Å²) in [5.74, 6) is -0.529. The van der Waals surface area contributed by atoms with Crippen LogP contribution < -0.4 is 15.2 Å². The summed E-state index contributed by atoms with van der Waals surface area (Å²) in [5, 5.41) is 7.54. The van der Waals surface area contributed by atoms with Crippen molar-refractivity contribution in [1.82, 2.24) is 0 Å². The summed E-state index contributed by atoms with van der Waals surface area (Å²) in [7, 11) is -3.90. The highest BCUT2D eigenvalue weighted by Gasteiger charge is 2.14. The summed E-state index contributed by atoms with van der Waals surface area (Å²) in [4.78, 5) is 24.2. The number of hydrogen-bond donors (Lipinski definition) is 2. The fourth-order valence-electron chi connectivity index (χ4n) is 3.12. The third-order valence-electron chi connectivity index (χ3n) is 5.10. The Kier molecular flexibility index (Phi) is 7.93. The van der Waals surface area contributed by atoms with Crippen molar-refractivity contribution in [2.24, 2.45) is 5.14 Å². The zero-order valence-corrected chi connectivity index (χ0v) is 20.6. The van der Waals surface area contributed by atoms with E-state index < -0.39 is 28.5 Å². The molecule has 3 rings (SSSR count). The molecule has 0 unspecified atom stereocenters. The summed E-state index contributed by atoms with van der Waals surface area (Å²) in [6.45, 7) is 6.25. The smallest absolute Gasteiger partial charge is 0.338 e. The van der Waals surface area contributed by atoms with Crippen molar-refractivity contribution in [3.05, 3.63) is 89.5 Å². The quantitative estimate of drug-likeness (QED) is 0.454. The number of carbonyl (C=O) groups excluding carboxylic acids is 2. The number of nitrogens with two attached hydrogens (primary N) is 1. The Morgan fingerprint density at radius 3 is 2.20 bits per heavy atom. The predicted molar refractivity (Wildman–Crippen MR) is 133 cm³/mol. The van der Waals surface area contributed by atoms with Gasteiger partial charge in [-0.1, -0.05) is 51.1 Å². The van der Waals surface area contributed by atoms with Crippen LogP contribution in [-0.2, 0) is 31.6 Å². The van der Waals surface area contributed by atoms with Crippen LogP contribution in [0.3, 0.4) is 0 Å². The van der Waals surface area contributed by atoms with Gasteiger partial charge < -0.3 is 14.8 Å². The molecule has 3 N–H and O–H groups in total. The summed E-state index contributed by atoms with van der Waals surface area (Å²) < 4.78 is 33.7. The van der Waals surface area contributed by atoms with E-state index in [1.165, 1.54) is 29.8 Å². The summed E-state index contributed by atoms with van der Waals surface area (Å²) in [6.07, 6.45) is 0. The minimum absolute atomic E-state index is 0.0718. The van der Waals surface area contributed by atoms with Gasteiger partial charge in [-0.3, -0.25) is 4.79 Å². The standard InChI is InChI=1S/C26H28N2O6S/c1-26(2,3)20-11-13-22(14-12-20)33-16-18-7-9-19(10-8-18)25(30)34-17-24(29)28-21-5-4-6-23(15-21)35(27,31)32/h4-15H,16-17H2,1-3H3,(H,28,29)(H2,27,31,32). The van der Waals surface area contributed by atoms with Crippen molar-refractivity contribution in [3.8, 4) is 5.75 Å². The molecular weight excluding hydrogens is 468 g/mol. The molecule has 0 fully saturated rings. The number of nitrogens with one attached hydrogen (secondary N) is 1. The lowest BCUT2D eigenvalue weighted by molar-refractivity contribution is -0.119. The molecule has 0 heterocycles. The van der Waals surface area contributed by atoms with Crippen molar-refractivity contribution in [3.63, 3.8) is 0 Å². The molecule has 0 radical (unpaired) electrons. The van der Waals surface area contributed by atoms with E-state index in [9.17, 15) is 18.0 Å². The number of ether oxygens (including phenoxy) is 2. The van der Waals surface area contributed by atoms with Gasteiger partial charge in [-0.15, -0.1) is 0 Å². The lowest BCUT2D eigenvalue weighted by atomic mass is 9.87. The second kappa shape index (κ2) is 10.7. The second-order valence-electron chi connectivity index (χ2n) is 8.96. The summed E-state index contributed by atoms with van der Waals surface area (Å²) in [6, 6.07) is 20.1. The highest BCUT2D eigenvalue weighted by molar-refractivity contribution is 7.89. The molecule has 0 spiro atoms.